The summed E-state index contributed by atoms with van der Waals surface area (Å²) in [5.74, 6) is -0.600. The largest absolute Gasteiger partial charge is 0.478 e. The molecule has 4 nitrogen and oxygen atoms in total. The number of carboxylic acid groups (broad SMARTS) is 1. The third-order valence-corrected chi connectivity index (χ3v) is 3.02. The lowest BCUT2D eigenvalue weighted by Crippen LogP contribution is -2.24. The molecule has 1 aliphatic heterocycles. The Bertz CT molecular complexity index is 425. The molecule has 1 N–H and O–H groups in total. The van der Waals surface area contributed by atoms with Gasteiger partial charge in [0, 0.05) is 31.6 Å². The normalized spacial score (nSPS) is 16.7. The fourth-order valence-electron chi connectivity index (χ4n) is 2.04. The third kappa shape index (κ3) is 2.84. The van der Waals surface area contributed by atoms with Gasteiger partial charge in [0.15, 0.2) is 0 Å². The molecule has 1 saturated heterocycles. The fourth-order valence-corrected chi connectivity index (χ4v) is 2.04. The number of ketones is 1. The lowest BCUT2D eigenvalue weighted by Gasteiger charge is -2.22. The molecule has 0 spiro atoms. The molecule has 17 heavy (non-hydrogen) atoms. The lowest BCUT2D eigenvalue weighted by molar-refractivity contribution is -0.118. The van der Waals surface area contributed by atoms with Crippen molar-refractivity contribution in [3.05, 3.63) is 29.8 Å². The van der Waals surface area contributed by atoms with E-state index in [4.69, 9.17) is 5.11 Å². The maximum atomic E-state index is 11.3. The number of Topliss-reactive ketones (excluding diaryl/α,β-unsaturated/α-hetero) is 1. The number of rotatable bonds is 2. The maximum Gasteiger partial charge on any atom is 0.335 e. The number of carbonyl (C=O) groups is 2. The molecule has 90 valence electrons. The second-order valence-corrected chi connectivity index (χ2v) is 4.23. The summed E-state index contributed by atoms with van der Waals surface area (Å²) in [5, 5.41) is 8.81. The lowest BCUT2D eigenvalue weighted by atomic mass is 10.2. The van der Waals surface area contributed by atoms with Crippen molar-refractivity contribution in [2.45, 2.75) is 19.3 Å². The Morgan fingerprint density at radius 2 is 1.82 bits per heavy atom. The first-order valence-corrected chi connectivity index (χ1v) is 5.77. The maximum absolute atomic E-state index is 11.3. The van der Waals surface area contributed by atoms with E-state index < -0.39 is 5.97 Å². The summed E-state index contributed by atoms with van der Waals surface area (Å²) in [5.41, 5.74) is 1.28. The molecule has 1 fully saturated rings. The van der Waals surface area contributed by atoms with Crippen LogP contribution < -0.4 is 4.90 Å². The van der Waals surface area contributed by atoms with Crippen LogP contribution in [-0.2, 0) is 4.79 Å². The summed E-state index contributed by atoms with van der Waals surface area (Å²) in [4.78, 5) is 24.2. The first-order valence-electron chi connectivity index (χ1n) is 5.77. The van der Waals surface area contributed by atoms with Crippen molar-refractivity contribution in [3.8, 4) is 0 Å². The summed E-state index contributed by atoms with van der Waals surface area (Å²) in [6.45, 7) is 1.59. The van der Waals surface area contributed by atoms with Gasteiger partial charge in [0.2, 0.25) is 0 Å². The van der Waals surface area contributed by atoms with E-state index >= 15 is 0 Å². The zero-order valence-corrected chi connectivity index (χ0v) is 9.56. The predicted molar refractivity (Wildman–Crippen MR) is 64.5 cm³/mol. The molecule has 0 radical (unpaired) electrons. The highest BCUT2D eigenvalue weighted by atomic mass is 16.4. The molecule has 0 unspecified atom stereocenters. The number of anilines is 1. The van der Waals surface area contributed by atoms with Crippen LogP contribution in [0.15, 0.2) is 24.3 Å². The first-order chi connectivity index (χ1) is 8.16. The monoisotopic (exact) mass is 233 g/mol. The Kier molecular flexibility index (Phi) is 3.42. The van der Waals surface area contributed by atoms with Gasteiger partial charge >= 0.3 is 5.97 Å². The van der Waals surface area contributed by atoms with Crippen LogP contribution in [0.2, 0.25) is 0 Å². The van der Waals surface area contributed by atoms with Crippen LogP contribution in [0.4, 0.5) is 5.69 Å². The highest BCUT2D eigenvalue weighted by molar-refractivity contribution is 5.88. The van der Waals surface area contributed by atoms with Crippen molar-refractivity contribution in [2.75, 3.05) is 18.0 Å². The second kappa shape index (κ2) is 4.99. The number of aromatic carboxylic acids is 1. The van der Waals surface area contributed by atoms with Crippen LogP contribution in [0.5, 0.6) is 0 Å². The molecule has 2 rings (SSSR count). The minimum absolute atomic E-state index is 0.291. The van der Waals surface area contributed by atoms with E-state index in [-0.39, 0.29) is 0 Å². The molecule has 0 aliphatic carbocycles. The molecule has 1 heterocycles. The molecule has 4 heteroatoms. The Balaban J connectivity index is 2.11. The van der Waals surface area contributed by atoms with E-state index in [0.29, 0.717) is 24.2 Å². The minimum Gasteiger partial charge on any atom is -0.478 e. The smallest absolute Gasteiger partial charge is 0.335 e. The van der Waals surface area contributed by atoms with Crippen molar-refractivity contribution >= 4 is 17.4 Å². The van der Waals surface area contributed by atoms with E-state index in [0.717, 1.165) is 25.2 Å². The molecule has 0 saturated carbocycles. The predicted octanol–water partition coefficient (Wildman–Crippen LogP) is 1.94. The number of benzene rings is 1. The molecule has 0 aromatic heterocycles. The molecule has 1 aliphatic rings. The van der Waals surface area contributed by atoms with Crippen molar-refractivity contribution in [3.63, 3.8) is 0 Å². The molecule has 0 bridgehead atoms. The first kappa shape index (κ1) is 11.6. The van der Waals surface area contributed by atoms with Crippen LogP contribution in [-0.4, -0.2) is 29.9 Å². The van der Waals surface area contributed by atoms with Gasteiger partial charge in [-0.1, -0.05) is 0 Å². The van der Waals surface area contributed by atoms with Gasteiger partial charge in [0.25, 0.3) is 0 Å². The number of nitrogens with zero attached hydrogens (tertiary/aromatic N) is 1. The number of hydrogen-bond acceptors (Lipinski definition) is 3. The molecular weight excluding hydrogens is 218 g/mol. The number of hydrogen-bond donors (Lipinski definition) is 1. The molecular formula is C13H15NO3. The number of carboxylic acids is 1. The average molecular weight is 233 g/mol. The average Bonchev–Trinajstić information content (AvgIpc) is 2.54. The summed E-state index contributed by atoms with van der Waals surface area (Å²) >= 11 is 0. The zero-order valence-electron chi connectivity index (χ0n) is 9.56. The minimum atomic E-state index is -0.914. The molecule has 1 aromatic rings. The quantitative estimate of drug-likeness (QED) is 0.848. The van der Waals surface area contributed by atoms with Crippen LogP contribution in [0.1, 0.15) is 29.6 Å². The van der Waals surface area contributed by atoms with Crippen LogP contribution in [0.3, 0.4) is 0 Å². The summed E-state index contributed by atoms with van der Waals surface area (Å²) < 4.78 is 0. The van der Waals surface area contributed by atoms with Gasteiger partial charge in [-0.05, 0) is 30.7 Å². The summed E-state index contributed by atoms with van der Waals surface area (Å²) in [6, 6.07) is 6.81. The van der Waals surface area contributed by atoms with Gasteiger partial charge in [-0.2, -0.15) is 0 Å². The zero-order chi connectivity index (χ0) is 12.3. The topological polar surface area (TPSA) is 57.6 Å². The Hall–Kier alpha value is -1.84. The van der Waals surface area contributed by atoms with Crippen molar-refractivity contribution in [1.29, 1.82) is 0 Å². The molecule has 0 amide bonds. The highest BCUT2D eigenvalue weighted by Crippen LogP contribution is 2.18. The van der Waals surface area contributed by atoms with E-state index in [1.165, 1.54) is 0 Å². The van der Waals surface area contributed by atoms with E-state index in [1.807, 2.05) is 0 Å². The Labute approximate surface area is 99.9 Å². The molecule has 1 aromatic carbocycles. The standard InChI is InChI=1S/C13H15NO3/c15-12-2-1-8-14(9-7-12)11-5-3-10(4-6-11)13(16)17/h3-6H,1-2,7-9H2,(H,16,17). The molecule has 0 atom stereocenters. The van der Waals surface area contributed by atoms with Crippen molar-refractivity contribution in [2.24, 2.45) is 0 Å². The van der Waals surface area contributed by atoms with Gasteiger partial charge < -0.3 is 10.0 Å². The van der Waals surface area contributed by atoms with Crippen LogP contribution >= 0.6 is 0 Å². The Morgan fingerprint density at radius 1 is 1.12 bits per heavy atom. The Morgan fingerprint density at radius 3 is 2.47 bits per heavy atom. The van der Waals surface area contributed by atoms with Gasteiger partial charge in [-0.15, -0.1) is 0 Å². The van der Waals surface area contributed by atoms with Gasteiger partial charge in [0.1, 0.15) is 5.78 Å². The van der Waals surface area contributed by atoms with Crippen molar-refractivity contribution in [1.82, 2.24) is 0 Å². The third-order valence-electron chi connectivity index (χ3n) is 3.02. The summed E-state index contributed by atoms with van der Waals surface area (Å²) in [7, 11) is 0. The second-order valence-electron chi connectivity index (χ2n) is 4.23. The van der Waals surface area contributed by atoms with Crippen LogP contribution in [0.25, 0.3) is 0 Å². The fraction of sp³-hybridized carbons (Fsp3) is 0.385. The van der Waals surface area contributed by atoms with E-state index in [2.05, 4.69) is 4.90 Å². The SMILES string of the molecule is O=C1CCCN(c2ccc(C(=O)O)cc2)CC1. The van der Waals surface area contributed by atoms with Crippen LogP contribution in [0, 0.1) is 0 Å². The van der Waals surface area contributed by atoms with Gasteiger partial charge in [0.05, 0.1) is 5.56 Å². The summed E-state index contributed by atoms with van der Waals surface area (Å²) in [6.07, 6.45) is 2.11. The number of carbonyl (C=O) groups excluding carboxylic acids is 1. The van der Waals surface area contributed by atoms with Gasteiger partial charge in [-0.3, -0.25) is 4.79 Å². The highest BCUT2D eigenvalue weighted by Gasteiger charge is 2.14. The van der Waals surface area contributed by atoms with Gasteiger partial charge in [-0.25, -0.2) is 4.79 Å². The van der Waals surface area contributed by atoms with E-state index in [1.54, 1.807) is 24.3 Å². The van der Waals surface area contributed by atoms with Crippen molar-refractivity contribution < 1.29 is 14.7 Å². The van der Waals surface area contributed by atoms with E-state index in [9.17, 15) is 9.59 Å².